The molecular weight excluding hydrogens is 432 g/mol. The van der Waals surface area contributed by atoms with Gasteiger partial charge in [0, 0.05) is 27.8 Å². The highest BCUT2D eigenvalue weighted by Gasteiger charge is 2.16. The van der Waals surface area contributed by atoms with Crippen LogP contribution in [0.2, 0.25) is 0 Å². The molecule has 6 nitrogen and oxygen atoms in total. The van der Waals surface area contributed by atoms with E-state index in [1.54, 1.807) is 14.2 Å². The number of hydrogen-bond donors (Lipinski definition) is 1. The SMILES string of the molecule is COc1cc2nc(C)nc(N[C@H](C)c3ccc(-c4ccccc4CN(C)C)s3)c2cc1OC. The molecule has 0 spiro atoms. The van der Waals surface area contributed by atoms with Gasteiger partial charge >= 0.3 is 0 Å². The van der Waals surface area contributed by atoms with E-state index in [2.05, 4.69) is 77.6 Å². The van der Waals surface area contributed by atoms with Crippen molar-refractivity contribution >= 4 is 28.1 Å². The van der Waals surface area contributed by atoms with Gasteiger partial charge in [0.2, 0.25) is 0 Å². The number of aromatic nitrogens is 2. The third kappa shape index (κ3) is 4.94. The first-order chi connectivity index (χ1) is 15.9. The Balaban J connectivity index is 1.65. The first-order valence-electron chi connectivity index (χ1n) is 10.9. The number of ether oxygens (including phenoxy) is 2. The quantitative estimate of drug-likeness (QED) is 0.351. The maximum atomic E-state index is 5.50. The Bertz CT molecular complexity index is 1270. The van der Waals surface area contributed by atoms with Crippen LogP contribution in [0.15, 0.2) is 48.5 Å². The summed E-state index contributed by atoms with van der Waals surface area (Å²) in [7, 11) is 7.46. The second-order valence-electron chi connectivity index (χ2n) is 8.31. The van der Waals surface area contributed by atoms with Gasteiger partial charge in [-0.25, -0.2) is 9.97 Å². The molecule has 2 heterocycles. The number of thiophene rings is 1. The van der Waals surface area contributed by atoms with E-state index in [1.807, 2.05) is 30.4 Å². The van der Waals surface area contributed by atoms with Crippen molar-refractivity contribution in [2.45, 2.75) is 26.4 Å². The third-order valence-corrected chi connectivity index (χ3v) is 6.79. The Morgan fingerprint density at radius 1 is 1.00 bits per heavy atom. The second kappa shape index (κ2) is 9.77. The van der Waals surface area contributed by atoms with Crippen LogP contribution < -0.4 is 14.8 Å². The molecule has 0 radical (unpaired) electrons. The van der Waals surface area contributed by atoms with Gasteiger partial charge in [0.25, 0.3) is 0 Å². The Morgan fingerprint density at radius 3 is 2.45 bits per heavy atom. The van der Waals surface area contributed by atoms with Crippen LogP contribution in [0.4, 0.5) is 5.82 Å². The van der Waals surface area contributed by atoms with Crippen LogP contribution in [0.1, 0.15) is 29.2 Å². The van der Waals surface area contributed by atoms with Gasteiger partial charge in [0.15, 0.2) is 11.5 Å². The zero-order valence-corrected chi connectivity index (χ0v) is 20.8. The highest BCUT2D eigenvalue weighted by atomic mass is 32.1. The molecule has 172 valence electrons. The minimum Gasteiger partial charge on any atom is -0.493 e. The van der Waals surface area contributed by atoms with E-state index in [4.69, 9.17) is 9.47 Å². The van der Waals surface area contributed by atoms with Gasteiger partial charge in [-0.15, -0.1) is 11.3 Å². The summed E-state index contributed by atoms with van der Waals surface area (Å²) in [5.74, 6) is 2.80. The molecule has 0 aliphatic carbocycles. The molecule has 33 heavy (non-hydrogen) atoms. The van der Waals surface area contributed by atoms with E-state index in [-0.39, 0.29) is 6.04 Å². The average Bonchev–Trinajstić information content (AvgIpc) is 3.28. The maximum absolute atomic E-state index is 5.50. The molecule has 0 fully saturated rings. The van der Waals surface area contributed by atoms with Crippen molar-refractivity contribution in [3.63, 3.8) is 0 Å². The molecule has 0 unspecified atom stereocenters. The number of methoxy groups -OCH3 is 2. The lowest BCUT2D eigenvalue weighted by molar-refractivity contribution is 0.356. The molecule has 2 aromatic carbocycles. The lowest BCUT2D eigenvalue weighted by atomic mass is 10.1. The van der Waals surface area contributed by atoms with E-state index < -0.39 is 0 Å². The summed E-state index contributed by atoms with van der Waals surface area (Å²) in [4.78, 5) is 14.0. The van der Waals surface area contributed by atoms with Crippen molar-refractivity contribution in [2.75, 3.05) is 33.6 Å². The van der Waals surface area contributed by atoms with Gasteiger partial charge < -0.3 is 19.7 Å². The molecular formula is C26H30N4O2S. The van der Waals surface area contributed by atoms with Crippen molar-refractivity contribution in [1.82, 2.24) is 14.9 Å². The number of fused-ring (bicyclic) bond motifs is 1. The zero-order valence-electron chi connectivity index (χ0n) is 20.0. The average molecular weight is 463 g/mol. The van der Waals surface area contributed by atoms with Crippen LogP contribution in [0.5, 0.6) is 11.5 Å². The van der Waals surface area contributed by atoms with E-state index in [1.165, 1.54) is 20.9 Å². The number of anilines is 1. The number of nitrogens with zero attached hydrogens (tertiary/aromatic N) is 3. The van der Waals surface area contributed by atoms with Gasteiger partial charge in [-0.2, -0.15) is 0 Å². The normalized spacial score (nSPS) is 12.2. The lowest BCUT2D eigenvalue weighted by Crippen LogP contribution is -2.11. The van der Waals surface area contributed by atoms with Gasteiger partial charge in [-0.1, -0.05) is 24.3 Å². The standard InChI is InChI=1S/C26H30N4O2S/c1-16(24-11-12-25(33-24)19-10-8-7-9-18(19)15-30(3)4)27-26-20-13-22(31-5)23(32-6)14-21(20)28-17(2)29-26/h7-14,16H,15H2,1-6H3,(H,27,28,29)/t16-/m1/s1. The summed E-state index contributed by atoms with van der Waals surface area (Å²) < 4.78 is 10.9. The van der Waals surface area contributed by atoms with Crippen LogP contribution in [-0.2, 0) is 6.54 Å². The lowest BCUT2D eigenvalue weighted by Gasteiger charge is -2.17. The molecule has 0 aliphatic rings. The van der Waals surface area contributed by atoms with Gasteiger partial charge in [0.1, 0.15) is 11.6 Å². The molecule has 0 saturated heterocycles. The summed E-state index contributed by atoms with van der Waals surface area (Å²) in [6, 6.07) is 16.9. The molecule has 0 amide bonds. The fourth-order valence-electron chi connectivity index (χ4n) is 3.93. The van der Waals surface area contributed by atoms with Crippen LogP contribution in [0, 0.1) is 6.92 Å². The predicted octanol–water partition coefficient (Wildman–Crippen LogP) is 5.92. The van der Waals surface area contributed by atoms with Crippen molar-refractivity contribution in [3.8, 4) is 21.9 Å². The molecule has 7 heteroatoms. The van der Waals surface area contributed by atoms with Crippen molar-refractivity contribution < 1.29 is 9.47 Å². The summed E-state index contributed by atoms with van der Waals surface area (Å²) in [6.07, 6.45) is 0. The second-order valence-corrected chi connectivity index (χ2v) is 9.42. The minimum atomic E-state index is 0.0790. The molecule has 0 bridgehead atoms. The van der Waals surface area contributed by atoms with E-state index in [9.17, 15) is 0 Å². The Kier molecular flexibility index (Phi) is 6.81. The van der Waals surface area contributed by atoms with Crippen molar-refractivity contribution in [1.29, 1.82) is 0 Å². The summed E-state index contributed by atoms with van der Waals surface area (Å²) in [5, 5.41) is 4.50. The van der Waals surface area contributed by atoms with Crippen molar-refractivity contribution in [3.05, 3.63) is 64.8 Å². The monoisotopic (exact) mass is 462 g/mol. The van der Waals surface area contributed by atoms with Crippen LogP contribution in [0.3, 0.4) is 0 Å². The van der Waals surface area contributed by atoms with Crippen molar-refractivity contribution in [2.24, 2.45) is 0 Å². The highest BCUT2D eigenvalue weighted by molar-refractivity contribution is 7.15. The van der Waals surface area contributed by atoms with Crippen LogP contribution in [-0.4, -0.2) is 43.2 Å². The Hall–Kier alpha value is -3.16. The largest absolute Gasteiger partial charge is 0.493 e. The number of benzene rings is 2. The summed E-state index contributed by atoms with van der Waals surface area (Å²) in [6.45, 7) is 4.97. The summed E-state index contributed by atoms with van der Waals surface area (Å²) in [5.41, 5.74) is 3.43. The van der Waals surface area contributed by atoms with Crippen LogP contribution >= 0.6 is 11.3 Å². The topological polar surface area (TPSA) is 59.5 Å². The first kappa shape index (κ1) is 23.0. The minimum absolute atomic E-state index is 0.0790. The zero-order chi connectivity index (χ0) is 23.5. The molecule has 1 atom stereocenters. The maximum Gasteiger partial charge on any atom is 0.162 e. The van der Waals surface area contributed by atoms with E-state index in [0.29, 0.717) is 17.3 Å². The Morgan fingerprint density at radius 2 is 1.73 bits per heavy atom. The molecule has 4 aromatic rings. The molecule has 0 aliphatic heterocycles. The number of aryl methyl sites for hydroxylation is 1. The summed E-state index contributed by atoms with van der Waals surface area (Å²) >= 11 is 1.81. The van der Waals surface area contributed by atoms with E-state index >= 15 is 0 Å². The van der Waals surface area contributed by atoms with E-state index in [0.717, 1.165) is 23.3 Å². The predicted molar refractivity (Wildman–Crippen MR) is 137 cm³/mol. The molecule has 0 saturated carbocycles. The highest BCUT2D eigenvalue weighted by Crippen LogP contribution is 2.37. The third-order valence-electron chi connectivity index (χ3n) is 5.49. The Labute approximate surface area is 199 Å². The number of nitrogens with one attached hydrogen (secondary N) is 1. The van der Waals surface area contributed by atoms with Crippen LogP contribution in [0.25, 0.3) is 21.3 Å². The molecule has 2 aromatic heterocycles. The van der Waals surface area contributed by atoms with Gasteiger partial charge in [0.05, 0.1) is 25.8 Å². The first-order valence-corrected chi connectivity index (χ1v) is 11.7. The fourth-order valence-corrected chi connectivity index (χ4v) is 5.00. The number of hydrogen-bond acceptors (Lipinski definition) is 7. The van der Waals surface area contributed by atoms with Gasteiger partial charge in [-0.3, -0.25) is 0 Å². The molecule has 1 N–H and O–H groups in total. The fraction of sp³-hybridized carbons (Fsp3) is 0.308. The number of rotatable bonds is 8. The van der Waals surface area contributed by atoms with Gasteiger partial charge in [-0.05, 0) is 57.3 Å². The molecule has 4 rings (SSSR count). The smallest absolute Gasteiger partial charge is 0.162 e.